The highest BCUT2D eigenvalue weighted by Crippen LogP contribution is 2.48. The number of benzene rings is 3. The summed E-state index contributed by atoms with van der Waals surface area (Å²) in [5, 5.41) is 4.93. The van der Waals surface area contributed by atoms with Crippen molar-refractivity contribution in [2.45, 2.75) is 44.5 Å². The van der Waals surface area contributed by atoms with Gasteiger partial charge in [0, 0.05) is 37.5 Å². The molecule has 0 unspecified atom stereocenters. The van der Waals surface area contributed by atoms with E-state index in [-0.39, 0.29) is 11.8 Å². The lowest BCUT2D eigenvalue weighted by Crippen LogP contribution is -2.64. The molecule has 4 nitrogen and oxygen atoms in total. The van der Waals surface area contributed by atoms with E-state index in [4.69, 9.17) is 4.74 Å². The molecule has 1 atom stereocenters. The number of fused-ring (bicyclic) bond motifs is 5. The van der Waals surface area contributed by atoms with Crippen LogP contribution in [0.1, 0.15) is 43.9 Å². The molecule has 3 aromatic carbocycles. The molecule has 3 aliphatic rings. The maximum Gasteiger partial charge on any atom is 0.182 e. The van der Waals surface area contributed by atoms with E-state index in [0.29, 0.717) is 6.04 Å². The molecular formula is C27H29N3O. The summed E-state index contributed by atoms with van der Waals surface area (Å²) in [6, 6.07) is 24.5. The number of hydrogen-bond donors (Lipinski definition) is 1. The van der Waals surface area contributed by atoms with E-state index in [9.17, 15) is 0 Å². The van der Waals surface area contributed by atoms with Crippen LogP contribution in [0.15, 0.2) is 72.8 Å². The van der Waals surface area contributed by atoms with Gasteiger partial charge in [-0.3, -0.25) is 0 Å². The number of hydrazine groups is 1. The molecule has 3 aromatic rings. The molecule has 0 bridgehead atoms. The molecule has 4 heteroatoms. The summed E-state index contributed by atoms with van der Waals surface area (Å²) in [6.45, 7) is 6.67. The minimum absolute atomic E-state index is 0.178. The van der Waals surface area contributed by atoms with Crippen LogP contribution in [0.5, 0.6) is 5.75 Å². The van der Waals surface area contributed by atoms with E-state index in [2.05, 4.69) is 102 Å². The van der Waals surface area contributed by atoms with E-state index in [1.165, 1.54) is 27.6 Å². The predicted molar refractivity (Wildman–Crippen MR) is 125 cm³/mol. The standard InChI is InChI=1S/C27H29N3O/c1-19(2)29-15-13-27(14-16-29)30-25(23-9-5-6-10-26(23)31-27)18-24(28-30)22-12-11-20-7-3-4-8-21(20)17-22/h3-12,17-19,25,28H,13-16H2,1-2H3/t25-/m1/s1. The topological polar surface area (TPSA) is 27.7 Å². The van der Waals surface area contributed by atoms with Gasteiger partial charge in [0.05, 0.1) is 11.7 Å². The Labute approximate surface area is 184 Å². The molecule has 6 rings (SSSR count). The number of piperidine rings is 1. The molecule has 158 valence electrons. The Kier molecular flexibility index (Phi) is 4.34. The average Bonchev–Trinajstić information content (AvgIpc) is 3.26. The van der Waals surface area contributed by atoms with Crippen molar-refractivity contribution in [3.8, 4) is 5.75 Å². The van der Waals surface area contributed by atoms with Gasteiger partial charge in [0.25, 0.3) is 0 Å². The maximum absolute atomic E-state index is 6.76. The van der Waals surface area contributed by atoms with Crippen LogP contribution in [-0.2, 0) is 0 Å². The first-order chi connectivity index (χ1) is 15.1. The van der Waals surface area contributed by atoms with Crippen molar-refractivity contribution in [1.29, 1.82) is 0 Å². The average molecular weight is 412 g/mol. The summed E-state index contributed by atoms with van der Waals surface area (Å²) in [7, 11) is 0. The van der Waals surface area contributed by atoms with Crippen molar-refractivity contribution < 1.29 is 4.74 Å². The van der Waals surface area contributed by atoms with Gasteiger partial charge in [0.15, 0.2) is 5.72 Å². The van der Waals surface area contributed by atoms with Gasteiger partial charge in [0.1, 0.15) is 5.75 Å². The molecule has 0 radical (unpaired) electrons. The zero-order valence-electron chi connectivity index (χ0n) is 18.2. The lowest BCUT2D eigenvalue weighted by molar-refractivity contribution is -0.161. The van der Waals surface area contributed by atoms with Gasteiger partial charge in [-0.25, -0.2) is 0 Å². The Morgan fingerprint density at radius 3 is 2.48 bits per heavy atom. The summed E-state index contributed by atoms with van der Waals surface area (Å²) < 4.78 is 6.76. The van der Waals surface area contributed by atoms with Gasteiger partial charge in [-0.15, -0.1) is 0 Å². The summed E-state index contributed by atoms with van der Waals surface area (Å²) >= 11 is 0. The molecule has 3 aliphatic heterocycles. The smallest absolute Gasteiger partial charge is 0.182 e. The van der Waals surface area contributed by atoms with Crippen molar-refractivity contribution >= 4 is 16.5 Å². The number of hydrogen-bond acceptors (Lipinski definition) is 4. The van der Waals surface area contributed by atoms with Crippen LogP contribution in [0.3, 0.4) is 0 Å². The largest absolute Gasteiger partial charge is 0.470 e. The van der Waals surface area contributed by atoms with Crippen LogP contribution < -0.4 is 10.2 Å². The van der Waals surface area contributed by atoms with Crippen LogP contribution in [-0.4, -0.2) is 34.8 Å². The molecule has 0 aromatic heterocycles. The molecule has 0 aliphatic carbocycles. The van der Waals surface area contributed by atoms with Crippen molar-refractivity contribution in [3.63, 3.8) is 0 Å². The maximum atomic E-state index is 6.76. The zero-order valence-corrected chi connectivity index (χ0v) is 18.2. The molecular weight excluding hydrogens is 382 g/mol. The summed E-state index contributed by atoms with van der Waals surface area (Å²) in [4.78, 5) is 2.55. The van der Waals surface area contributed by atoms with Crippen molar-refractivity contribution in [2.75, 3.05) is 13.1 Å². The van der Waals surface area contributed by atoms with Crippen LogP contribution >= 0.6 is 0 Å². The molecule has 1 N–H and O–H groups in total. The third kappa shape index (κ3) is 3.05. The molecule has 1 fully saturated rings. The van der Waals surface area contributed by atoms with Crippen LogP contribution in [0.4, 0.5) is 0 Å². The second kappa shape index (κ2) is 7.11. The monoisotopic (exact) mass is 411 g/mol. The number of likely N-dealkylation sites (tertiary alicyclic amines) is 1. The van der Waals surface area contributed by atoms with Gasteiger partial charge in [-0.05, 0) is 48.4 Å². The molecule has 1 spiro atoms. The highest BCUT2D eigenvalue weighted by atomic mass is 16.5. The Balaban J connectivity index is 1.39. The van der Waals surface area contributed by atoms with Crippen LogP contribution in [0.25, 0.3) is 16.5 Å². The summed E-state index contributed by atoms with van der Waals surface area (Å²) in [5.41, 5.74) is 7.08. The zero-order chi connectivity index (χ0) is 21.0. The molecule has 0 amide bonds. The first kappa shape index (κ1) is 18.9. The highest BCUT2D eigenvalue weighted by Gasteiger charge is 2.51. The Hall–Kier alpha value is -2.82. The van der Waals surface area contributed by atoms with Gasteiger partial charge in [-0.1, -0.05) is 54.6 Å². The van der Waals surface area contributed by atoms with E-state index in [1.54, 1.807) is 0 Å². The van der Waals surface area contributed by atoms with Gasteiger partial charge < -0.3 is 15.1 Å². The minimum Gasteiger partial charge on any atom is -0.470 e. The van der Waals surface area contributed by atoms with Crippen molar-refractivity contribution in [1.82, 2.24) is 15.3 Å². The quantitative estimate of drug-likeness (QED) is 0.616. The molecule has 0 saturated carbocycles. The van der Waals surface area contributed by atoms with E-state index in [0.717, 1.165) is 31.7 Å². The van der Waals surface area contributed by atoms with Crippen LogP contribution in [0, 0.1) is 0 Å². The van der Waals surface area contributed by atoms with Gasteiger partial charge in [0.2, 0.25) is 0 Å². The number of rotatable bonds is 2. The predicted octanol–water partition coefficient (Wildman–Crippen LogP) is 5.34. The number of ether oxygens (including phenoxy) is 1. The van der Waals surface area contributed by atoms with Gasteiger partial charge >= 0.3 is 0 Å². The summed E-state index contributed by atoms with van der Waals surface area (Å²) in [6.07, 6.45) is 4.35. The minimum atomic E-state index is -0.320. The van der Waals surface area contributed by atoms with Crippen LogP contribution in [0.2, 0.25) is 0 Å². The Bertz CT molecular complexity index is 1160. The lowest BCUT2D eigenvalue weighted by atomic mass is 9.92. The second-order valence-corrected chi connectivity index (χ2v) is 9.28. The number of nitrogens with one attached hydrogen (secondary N) is 1. The third-order valence-corrected chi connectivity index (χ3v) is 7.19. The van der Waals surface area contributed by atoms with Crippen molar-refractivity contribution in [3.05, 3.63) is 83.9 Å². The third-order valence-electron chi connectivity index (χ3n) is 7.19. The van der Waals surface area contributed by atoms with Gasteiger partial charge in [-0.2, -0.15) is 5.01 Å². The highest BCUT2D eigenvalue weighted by molar-refractivity contribution is 5.86. The first-order valence-corrected chi connectivity index (χ1v) is 11.4. The van der Waals surface area contributed by atoms with E-state index >= 15 is 0 Å². The first-order valence-electron chi connectivity index (χ1n) is 11.4. The Morgan fingerprint density at radius 2 is 1.68 bits per heavy atom. The summed E-state index contributed by atoms with van der Waals surface area (Å²) in [5.74, 6) is 1.03. The fourth-order valence-corrected chi connectivity index (χ4v) is 5.38. The lowest BCUT2D eigenvalue weighted by Gasteiger charge is -2.52. The van der Waals surface area contributed by atoms with E-state index < -0.39 is 0 Å². The fourth-order valence-electron chi connectivity index (χ4n) is 5.38. The van der Waals surface area contributed by atoms with E-state index in [1.807, 2.05) is 0 Å². The molecule has 1 saturated heterocycles. The number of nitrogens with zero attached hydrogens (tertiary/aromatic N) is 2. The SMILES string of the molecule is CC(C)N1CCC2(CC1)Oc1ccccc1[C@H]1C=C(c3ccc4ccccc4c3)NN12. The second-order valence-electron chi connectivity index (χ2n) is 9.28. The molecule has 31 heavy (non-hydrogen) atoms. The Morgan fingerprint density at radius 1 is 0.935 bits per heavy atom. The number of para-hydroxylation sites is 1. The van der Waals surface area contributed by atoms with Crippen molar-refractivity contribution in [2.24, 2.45) is 0 Å². The molecule has 3 heterocycles. The fraction of sp³-hybridized carbons (Fsp3) is 0.333. The normalized spacial score (nSPS) is 22.7.